The van der Waals surface area contributed by atoms with Gasteiger partial charge in [-0.1, -0.05) is 117 Å². The van der Waals surface area contributed by atoms with E-state index in [-0.39, 0.29) is 5.41 Å². The second kappa shape index (κ2) is 9.92. The SMILES string of the molecule is CC1(C)c2ccccc2-c2ccc(N(c3cccc(-c4ccc5sc6ccccc6c5c4)c3)c3cccc4ccccc34)cc21. The molecule has 0 atom stereocenters. The molecule has 0 fully saturated rings. The number of rotatable bonds is 4. The minimum Gasteiger partial charge on any atom is -0.310 e. The van der Waals surface area contributed by atoms with Crippen molar-refractivity contribution in [3.8, 4) is 22.3 Å². The number of fused-ring (bicyclic) bond motifs is 7. The third kappa shape index (κ3) is 4.06. The second-order valence-electron chi connectivity index (χ2n) is 12.6. The Morgan fingerprint density at radius 3 is 2.09 bits per heavy atom. The number of hydrogen-bond donors (Lipinski definition) is 0. The van der Waals surface area contributed by atoms with E-state index >= 15 is 0 Å². The van der Waals surface area contributed by atoms with Gasteiger partial charge in [-0.25, -0.2) is 0 Å². The van der Waals surface area contributed by atoms with Gasteiger partial charge in [0.05, 0.1) is 5.69 Å². The first-order valence-electron chi connectivity index (χ1n) is 15.6. The van der Waals surface area contributed by atoms with Gasteiger partial charge >= 0.3 is 0 Å². The van der Waals surface area contributed by atoms with Crippen molar-refractivity contribution in [3.63, 3.8) is 0 Å². The highest BCUT2D eigenvalue weighted by Crippen LogP contribution is 2.51. The average molecular weight is 594 g/mol. The van der Waals surface area contributed by atoms with Crippen LogP contribution in [0.2, 0.25) is 0 Å². The molecule has 2 heteroatoms. The molecule has 0 unspecified atom stereocenters. The maximum absolute atomic E-state index is 2.45. The Kier molecular flexibility index (Phi) is 5.78. The Labute approximate surface area is 267 Å². The predicted octanol–water partition coefficient (Wildman–Crippen LogP) is 12.7. The molecule has 1 nitrogen and oxygen atoms in total. The first-order valence-corrected chi connectivity index (χ1v) is 16.4. The molecule has 0 amide bonds. The lowest BCUT2D eigenvalue weighted by atomic mass is 9.82. The lowest BCUT2D eigenvalue weighted by Crippen LogP contribution is -2.16. The third-order valence-corrected chi connectivity index (χ3v) is 10.8. The smallest absolute Gasteiger partial charge is 0.0540 e. The Balaban J connectivity index is 1.24. The van der Waals surface area contributed by atoms with Gasteiger partial charge in [0, 0.05) is 42.3 Å². The molecular weight excluding hydrogens is 563 g/mol. The fourth-order valence-electron chi connectivity index (χ4n) is 7.39. The summed E-state index contributed by atoms with van der Waals surface area (Å²) in [6.07, 6.45) is 0. The predicted molar refractivity (Wildman–Crippen MR) is 195 cm³/mol. The summed E-state index contributed by atoms with van der Waals surface area (Å²) in [7, 11) is 0. The van der Waals surface area contributed by atoms with Crippen LogP contribution < -0.4 is 4.90 Å². The van der Waals surface area contributed by atoms with E-state index in [0.717, 1.165) is 5.69 Å². The molecule has 0 saturated carbocycles. The van der Waals surface area contributed by atoms with Crippen molar-refractivity contribution < 1.29 is 0 Å². The monoisotopic (exact) mass is 593 g/mol. The van der Waals surface area contributed by atoms with Gasteiger partial charge in [0.2, 0.25) is 0 Å². The van der Waals surface area contributed by atoms with Crippen LogP contribution in [0.25, 0.3) is 53.2 Å². The van der Waals surface area contributed by atoms with Crippen LogP contribution in [0.4, 0.5) is 17.1 Å². The third-order valence-electron chi connectivity index (χ3n) is 9.65. The van der Waals surface area contributed by atoms with E-state index in [1.165, 1.54) is 75.7 Å². The fourth-order valence-corrected chi connectivity index (χ4v) is 8.48. The summed E-state index contributed by atoms with van der Waals surface area (Å²) in [5.41, 5.74) is 11.3. The van der Waals surface area contributed by atoms with E-state index in [4.69, 9.17) is 0 Å². The number of benzene rings is 7. The summed E-state index contributed by atoms with van der Waals surface area (Å²) in [4.78, 5) is 2.45. The van der Waals surface area contributed by atoms with Crippen LogP contribution in [0.5, 0.6) is 0 Å². The van der Waals surface area contributed by atoms with Crippen molar-refractivity contribution in [2.45, 2.75) is 19.3 Å². The molecule has 7 aromatic carbocycles. The van der Waals surface area contributed by atoms with Gasteiger partial charge in [0.1, 0.15) is 0 Å². The van der Waals surface area contributed by atoms with Crippen molar-refractivity contribution in [1.29, 1.82) is 0 Å². The lowest BCUT2D eigenvalue weighted by Gasteiger charge is -2.29. The number of nitrogens with zero attached hydrogens (tertiary/aromatic N) is 1. The van der Waals surface area contributed by atoms with Gasteiger partial charge in [-0.2, -0.15) is 0 Å². The van der Waals surface area contributed by atoms with Crippen molar-refractivity contribution in [3.05, 3.63) is 163 Å². The minimum absolute atomic E-state index is 0.0765. The number of thiophene rings is 1. The molecule has 214 valence electrons. The Morgan fingerprint density at radius 1 is 0.467 bits per heavy atom. The maximum Gasteiger partial charge on any atom is 0.0540 e. The van der Waals surface area contributed by atoms with Gasteiger partial charge in [0.25, 0.3) is 0 Å². The summed E-state index contributed by atoms with van der Waals surface area (Å²) >= 11 is 1.87. The quantitative estimate of drug-likeness (QED) is 0.196. The van der Waals surface area contributed by atoms with Crippen LogP contribution in [0.3, 0.4) is 0 Å². The largest absolute Gasteiger partial charge is 0.310 e. The van der Waals surface area contributed by atoms with Crippen molar-refractivity contribution in [2.75, 3.05) is 4.90 Å². The molecule has 1 heterocycles. The molecule has 0 aliphatic heterocycles. The van der Waals surface area contributed by atoms with Crippen molar-refractivity contribution >= 4 is 59.3 Å². The van der Waals surface area contributed by atoms with E-state index in [0.29, 0.717) is 0 Å². The van der Waals surface area contributed by atoms with Gasteiger partial charge in [0.15, 0.2) is 0 Å². The molecule has 0 spiro atoms. The van der Waals surface area contributed by atoms with Gasteiger partial charge in [-0.3, -0.25) is 0 Å². The normalized spacial score (nSPS) is 13.3. The molecule has 0 bridgehead atoms. The minimum atomic E-state index is -0.0765. The zero-order valence-electron chi connectivity index (χ0n) is 25.3. The first kappa shape index (κ1) is 26.2. The van der Waals surface area contributed by atoms with Crippen LogP contribution in [-0.2, 0) is 5.41 Å². The lowest BCUT2D eigenvalue weighted by molar-refractivity contribution is 0.660. The van der Waals surface area contributed by atoms with E-state index in [2.05, 4.69) is 170 Å². The molecule has 45 heavy (non-hydrogen) atoms. The summed E-state index contributed by atoms with van der Waals surface area (Å²) < 4.78 is 2.66. The average Bonchev–Trinajstić information content (AvgIpc) is 3.57. The van der Waals surface area contributed by atoms with Gasteiger partial charge in [-0.15, -0.1) is 11.3 Å². The highest BCUT2D eigenvalue weighted by atomic mass is 32.1. The van der Waals surface area contributed by atoms with Crippen LogP contribution in [0.1, 0.15) is 25.0 Å². The fraction of sp³-hybridized carbons (Fsp3) is 0.0698. The van der Waals surface area contributed by atoms with E-state index in [9.17, 15) is 0 Å². The van der Waals surface area contributed by atoms with Crippen molar-refractivity contribution in [1.82, 2.24) is 0 Å². The highest BCUT2D eigenvalue weighted by Gasteiger charge is 2.35. The Morgan fingerprint density at radius 2 is 1.16 bits per heavy atom. The molecule has 9 rings (SSSR count). The number of anilines is 3. The summed E-state index contributed by atoms with van der Waals surface area (Å²) in [6, 6.07) is 56.0. The van der Waals surface area contributed by atoms with Crippen LogP contribution in [-0.4, -0.2) is 0 Å². The molecule has 1 aliphatic rings. The second-order valence-corrected chi connectivity index (χ2v) is 13.7. The topological polar surface area (TPSA) is 3.24 Å². The molecule has 0 radical (unpaired) electrons. The summed E-state index contributed by atoms with van der Waals surface area (Å²) in [5, 5.41) is 5.12. The summed E-state index contributed by atoms with van der Waals surface area (Å²) in [6.45, 7) is 4.71. The zero-order chi connectivity index (χ0) is 30.1. The van der Waals surface area contributed by atoms with E-state index in [1.54, 1.807) is 0 Å². The van der Waals surface area contributed by atoms with E-state index in [1.807, 2.05) is 11.3 Å². The van der Waals surface area contributed by atoms with Crippen molar-refractivity contribution in [2.24, 2.45) is 0 Å². The van der Waals surface area contributed by atoms with Crippen LogP contribution in [0, 0.1) is 0 Å². The van der Waals surface area contributed by atoms with Crippen LogP contribution >= 0.6 is 11.3 Å². The van der Waals surface area contributed by atoms with E-state index < -0.39 is 0 Å². The molecule has 1 aliphatic carbocycles. The molecule has 8 aromatic rings. The van der Waals surface area contributed by atoms with Crippen LogP contribution in [0.15, 0.2) is 152 Å². The number of hydrogen-bond acceptors (Lipinski definition) is 2. The highest BCUT2D eigenvalue weighted by molar-refractivity contribution is 7.25. The Bertz CT molecular complexity index is 2420. The molecule has 0 N–H and O–H groups in total. The molecule has 1 aromatic heterocycles. The standard InChI is InChI=1S/C43H31NS/c1-43(2)38-18-7-5-16-34(38)35-23-22-32(27-39(35)43)44(40-19-10-12-28-11-3-4-15-33(28)40)31-14-9-13-29(25-31)30-21-24-42-37(26-30)36-17-6-8-20-41(36)45-42/h3-27H,1-2H3. The maximum atomic E-state index is 2.45. The van der Waals surface area contributed by atoms with Gasteiger partial charge in [-0.05, 0) is 87.3 Å². The zero-order valence-corrected chi connectivity index (χ0v) is 26.1. The molecule has 0 saturated heterocycles. The Hall–Kier alpha value is -5.18. The summed E-state index contributed by atoms with van der Waals surface area (Å²) in [5.74, 6) is 0. The first-order chi connectivity index (χ1) is 22.1. The molecular formula is C43H31NS. The van der Waals surface area contributed by atoms with Gasteiger partial charge < -0.3 is 4.90 Å².